The molecule has 0 aliphatic heterocycles. The topological polar surface area (TPSA) is 50.2 Å². The standard InChI is InChI=1S/C14H11NO2/c16-10-13(12-4-2-6-15-9-12)7-11-3-1-5-14(17)8-11/h1-10,17H. The van der Waals surface area contributed by atoms with Gasteiger partial charge in [-0.1, -0.05) is 18.2 Å². The number of carbonyl (C=O) groups excluding carboxylic acids is 1. The van der Waals surface area contributed by atoms with Crippen LogP contribution in [0.4, 0.5) is 0 Å². The molecule has 0 amide bonds. The number of nitrogens with zero attached hydrogens (tertiary/aromatic N) is 1. The van der Waals surface area contributed by atoms with Crippen molar-refractivity contribution in [2.75, 3.05) is 0 Å². The first-order valence-electron chi connectivity index (χ1n) is 5.16. The maximum absolute atomic E-state index is 11.0. The van der Waals surface area contributed by atoms with E-state index in [-0.39, 0.29) is 5.75 Å². The Morgan fingerprint density at radius 3 is 2.76 bits per heavy atom. The predicted octanol–water partition coefficient (Wildman–Crippen LogP) is 2.53. The third kappa shape index (κ3) is 2.78. The molecule has 84 valence electrons. The summed E-state index contributed by atoms with van der Waals surface area (Å²) in [6.45, 7) is 0. The number of pyridine rings is 1. The predicted molar refractivity (Wildman–Crippen MR) is 66.3 cm³/mol. The van der Waals surface area contributed by atoms with Crippen LogP contribution in [0.15, 0.2) is 48.8 Å². The van der Waals surface area contributed by atoms with Crippen LogP contribution >= 0.6 is 0 Å². The minimum atomic E-state index is 0.176. The van der Waals surface area contributed by atoms with E-state index in [4.69, 9.17) is 0 Å². The van der Waals surface area contributed by atoms with Crippen molar-refractivity contribution in [2.24, 2.45) is 0 Å². The average Bonchev–Trinajstić information content (AvgIpc) is 2.37. The highest BCUT2D eigenvalue weighted by Crippen LogP contribution is 2.18. The Morgan fingerprint density at radius 1 is 1.24 bits per heavy atom. The number of aromatic hydroxyl groups is 1. The monoisotopic (exact) mass is 225 g/mol. The molecule has 0 atom stereocenters. The third-order valence-corrected chi connectivity index (χ3v) is 2.31. The second-order valence-corrected chi connectivity index (χ2v) is 3.55. The number of benzene rings is 1. The van der Waals surface area contributed by atoms with Crippen LogP contribution in [0.1, 0.15) is 11.1 Å². The molecular formula is C14H11NO2. The molecule has 0 saturated carbocycles. The number of hydrogen-bond acceptors (Lipinski definition) is 3. The fourth-order valence-electron chi connectivity index (χ4n) is 1.51. The van der Waals surface area contributed by atoms with Crippen LogP contribution in [0.3, 0.4) is 0 Å². The third-order valence-electron chi connectivity index (χ3n) is 2.31. The molecular weight excluding hydrogens is 214 g/mol. The maximum atomic E-state index is 11.0. The molecule has 2 aromatic rings. The summed E-state index contributed by atoms with van der Waals surface area (Å²) in [5.41, 5.74) is 2.06. The molecule has 1 N–H and O–H groups in total. The number of rotatable bonds is 3. The first-order valence-corrected chi connectivity index (χ1v) is 5.16. The highest BCUT2D eigenvalue weighted by molar-refractivity contribution is 6.13. The quantitative estimate of drug-likeness (QED) is 0.645. The van der Waals surface area contributed by atoms with Crippen molar-refractivity contribution in [3.8, 4) is 5.75 Å². The van der Waals surface area contributed by atoms with Gasteiger partial charge in [-0.05, 0) is 29.8 Å². The summed E-state index contributed by atoms with van der Waals surface area (Å²) in [6.07, 6.45) is 5.77. The van der Waals surface area contributed by atoms with Gasteiger partial charge in [0.05, 0.1) is 0 Å². The Bertz CT molecular complexity index is 547. The summed E-state index contributed by atoms with van der Waals surface area (Å²) in [6, 6.07) is 10.3. The highest BCUT2D eigenvalue weighted by atomic mass is 16.3. The lowest BCUT2D eigenvalue weighted by molar-refractivity contribution is -0.103. The van der Waals surface area contributed by atoms with E-state index in [9.17, 15) is 9.90 Å². The Hall–Kier alpha value is -2.42. The molecule has 0 fully saturated rings. The lowest BCUT2D eigenvalue weighted by atomic mass is 10.1. The minimum Gasteiger partial charge on any atom is -0.508 e. The van der Waals surface area contributed by atoms with Gasteiger partial charge in [-0.3, -0.25) is 9.78 Å². The summed E-state index contributed by atoms with van der Waals surface area (Å²) in [5.74, 6) is 0.176. The average molecular weight is 225 g/mol. The maximum Gasteiger partial charge on any atom is 0.150 e. The minimum absolute atomic E-state index is 0.176. The molecule has 1 aromatic heterocycles. The smallest absolute Gasteiger partial charge is 0.150 e. The van der Waals surface area contributed by atoms with Gasteiger partial charge in [-0.2, -0.15) is 0 Å². The second-order valence-electron chi connectivity index (χ2n) is 3.55. The molecule has 1 heterocycles. The second kappa shape index (κ2) is 5.07. The summed E-state index contributed by atoms with van der Waals surface area (Å²) in [5, 5.41) is 9.34. The molecule has 0 aliphatic rings. The van der Waals surface area contributed by atoms with E-state index < -0.39 is 0 Å². The summed E-state index contributed by atoms with van der Waals surface area (Å²) in [4.78, 5) is 15.0. The SMILES string of the molecule is O=CC(=Cc1cccc(O)c1)c1cccnc1. The van der Waals surface area contributed by atoms with Crippen molar-refractivity contribution >= 4 is 17.9 Å². The molecule has 0 unspecified atom stereocenters. The van der Waals surface area contributed by atoms with Gasteiger partial charge >= 0.3 is 0 Å². The van der Waals surface area contributed by atoms with E-state index in [0.717, 1.165) is 17.4 Å². The van der Waals surface area contributed by atoms with Gasteiger partial charge in [0.15, 0.2) is 6.29 Å². The molecule has 2 rings (SSSR count). The summed E-state index contributed by atoms with van der Waals surface area (Å²) >= 11 is 0. The van der Waals surface area contributed by atoms with Crippen molar-refractivity contribution in [3.63, 3.8) is 0 Å². The first kappa shape index (κ1) is 11.1. The van der Waals surface area contributed by atoms with E-state index in [1.54, 1.807) is 42.7 Å². The van der Waals surface area contributed by atoms with E-state index in [1.165, 1.54) is 0 Å². The van der Waals surface area contributed by atoms with Crippen LogP contribution in [0.25, 0.3) is 11.6 Å². The van der Waals surface area contributed by atoms with Gasteiger partial charge in [0.25, 0.3) is 0 Å². The fourth-order valence-corrected chi connectivity index (χ4v) is 1.51. The number of aldehydes is 1. The largest absolute Gasteiger partial charge is 0.508 e. The number of hydrogen-bond donors (Lipinski definition) is 1. The number of allylic oxidation sites excluding steroid dienone is 1. The zero-order valence-corrected chi connectivity index (χ0v) is 9.08. The van der Waals surface area contributed by atoms with Crippen molar-refractivity contribution in [1.29, 1.82) is 0 Å². The zero-order chi connectivity index (χ0) is 12.1. The molecule has 17 heavy (non-hydrogen) atoms. The van der Waals surface area contributed by atoms with Gasteiger partial charge in [0.1, 0.15) is 5.75 Å². The number of carbonyl (C=O) groups is 1. The molecule has 0 aliphatic carbocycles. The van der Waals surface area contributed by atoms with Gasteiger partial charge in [-0.25, -0.2) is 0 Å². The fraction of sp³-hybridized carbons (Fsp3) is 0. The van der Waals surface area contributed by atoms with Crippen LogP contribution in [-0.2, 0) is 4.79 Å². The molecule has 0 saturated heterocycles. The van der Waals surface area contributed by atoms with Gasteiger partial charge in [0.2, 0.25) is 0 Å². The number of phenolic OH excluding ortho intramolecular Hbond substituents is 1. The Labute approximate surface area is 99.1 Å². The van der Waals surface area contributed by atoms with E-state index >= 15 is 0 Å². The summed E-state index contributed by atoms with van der Waals surface area (Å²) < 4.78 is 0. The van der Waals surface area contributed by atoms with Crippen LogP contribution in [-0.4, -0.2) is 16.4 Å². The van der Waals surface area contributed by atoms with Crippen molar-refractivity contribution in [2.45, 2.75) is 0 Å². The van der Waals surface area contributed by atoms with Gasteiger partial charge in [-0.15, -0.1) is 0 Å². The van der Waals surface area contributed by atoms with Crippen LogP contribution in [0, 0.1) is 0 Å². The van der Waals surface area contributed by atoms with Crippen molar-refractivity contribution < 1.29 is 9.90 Å². The van der Waals surface area contributed by atoms with Crippen molar-refractivity contribution in [1.82, 2.24) is 4.98 Å². The van der Waals surface area contributed by atoms with Crippen LogP contribution in [0.2, 0.25) is 0 Å². The normalized spacial score (nSPS) is 11.2. The van der Waals surface area contributed by atoms with Crippen LogP contribution < -0.4 is 0 Å². The molecule has 0 bridgehead atoms. The lowest BCUT2D eigenvalue weighted by Crippen LogP contribution is -1.86. The van der Waals surface area contributed by atoms with E-state index in [1.807, 2.05) is 12.1 Å². The molecule has 0 radical (unpaired) electrons. The Kier molecular flexibility index (Phi) is 3.31. The van der Waals surface area contributed by atoms with Gasteiger partial charge < -0.3 is 5.11 Å². The molecule has 0 spiro atoms. The van der Waals surface area contributed by atoms with Crippen LogP contribution in [0.5, 0.6) is 5.75 Å². The van der Waals surface area contributed by atoms with E-state index in [2.05, 4.69) is 4.98 Å². The summed E-state index contributed by atoms with van der Waals surface area (Å²) in [7, 11) is 0. The van der Waals surface area contributed by atoms with Gasteiger partial charge in [0, 0.05) is 23.5 Å². The highest BCUT2D eigenvalue weighted by Gasteiger charge is 2.00. The Balaban J connectivity index is 2.40. The van der Waals surface area contributed by atoms with Crippen molar-refractivity contribution in [3.05, 3.63) is 59.9 Å². The molecule has 3 nitrogen and oxygen atoms in total. The first-order chi connectivity index (χ1) is 8.29. The zero-order valence-electron chi connectivity index (χ0n) is 9.08. The lowest BCUT2D eigenvalue weighted by Gasteiger charge is -2.00. The molecule has 1 aromatic carbocycles. The van der Waals surface area contributed by atoms with E-state index in [0.29, 0.717) is 5.57 Å². The number of phenols is 1. The number of aromatic nitrogens is 1. The Morgan fingerprint density at radius 2 is 2.12 bits per heavy atom. The molecule has 3 heteroatoms.